The maximum Gasteiger partial charge on any atom is 0.318 e. The number of pyridine rings is 1. The molecular formula is C21H24N6O3S. The van der Waals surface area contributed by atoms with E-state index in [0.29, 0.717) is 0 Å². The Morgan fingerprint density at radius 1 is 0.903 bits per heavy atom. The van der Waals surface area contributed by atoms with E-state index in [9.17, 15) is 8.42 Å². The molecule has 3 aromatic rings. The lowest BCUT2D eigenvalue weighted by molar-refractivity contribution is 0.297. The third-order valence-corrected chi connectivity index (χ3v) is 6.41. The standard InChI is InChI=1S/C21H24N6O3S/c28-31(29,19-4-2-1-3-5-19)24-12-17-30-21-23-11-8-20(25-21)27-15-13-26(14-16-27)18-6-9-22-10-7-18/h1-11,24H,12-17H2. The number of hydrogen-bond acceptors (Lipinski definition) is 8. The molecule has 0 bridgehead atoms. The van der Waals surface area contributed by atoms with Crippen LogP contribution in [-0.4, -0.2) is 62.7 Å². The van der Waals surface area contributed by atoms with E-state index >= 15 is 0 Å². The monoisotopic (exact) mass is 440 g/mol. The molecule has 0 spiro atoms. The van der Waals surface area contributed by atoms with Crippen molar-refractivity contribution in [1.82, 2.24) is 19.7 Å². The minimum absolute atomic E-state index is 0.120. The molecule has 1 aliphatic rings. The average molecular weight is 441 g/mol. The van der Waals surface area contributed by atoms with Crippen molar-refractivity contribution < 1.29 is 13.2 Å². The molecule has 0 unspecified atom stereocenters. The summed E-state index contributed by atoms with van der Waals surface area (Å²) in [5.74, 6) is 0.796. The van der Waals surface area contributed by atoms with Crippen LogP contribution < -0.4 is 19.3 Å². The van der Waals surface area contributed by atoms with E-state index in [1.807, 2.05) is 18.2 Å². The molecular weight excluding hydrogens is 416 g/mol. The van der Waals surface area contributed by atoms with Gasteiger partial charge in [-0.05, 0) is 30.3 Å². The summed E-state index contributed by atoms with van der Waals surface area (Å²) in [5.41, 5.74) is 1.17. The van der Waals surface area contributed by atoms with Crippen molar-refractivity contribution in [2.75, 3.05) is 49.1 Å². The molecule has 0 radical (unpaired) electrons. The third-order valence-electron chi connectivity index (χ3n) is 4.93. The number of piperazine rings is 1. The molecule has 0 aliphatic carbocycles. The molecule has 3 heterocycles. The largest absolute Gasteiger partial charge is 0.462 e. The fourth-order valence-electron chi connectivity index (χ4n) is 3.33. The van der Waals surface area contributed by atoms with Gasteiger partial charge in [0.1, 0.15) is 12.4 Å². The number of aromatic nitrogens is 3. The second-order valence-electron chi connectivity index (χ2n) is 6.94. The van der Waals surface area contributed by atoms with Crippen LogP contribution in [0, 0.1) is 0 Å². The normalized spacial score (nSPS) is 14.5. The van der Waals surface area contributed by atoms with Crippen LogP contribution in [-0.2, 0) is 10.0 Å². The molecule has 4 rings (SSSR count). The van der Waals surface area contributed by atoms with Crippen molar-refractivity contribution in [2.45, 2.75) is 4.90 Å². The number of nitrogens with one attached hydrogen (secondary N) is 1. The maximum absolute atomic E-state index is 12.2. The van der Waals surface area contributed by atoms with Gasteiger partial charge in [0.05, 0.1) is 4.90 Å². The van der Waals surface area contributed by atoms with Crippen LogP contribution in [0.4, 0.5) is 11.5 Å². The second kappa shape index (κ2) is 9.71. The highest BCUT2D eigenvalue weighted by molar-refractivity contribution is 7.89. The number of benzene rings is 1. The summed E-state index contributed by atoms with van der Waals surface area (Å²) in [6, 6.07) is 14.3. The fourth-order valence-corrected chi connectivity index (χ4v) is 4.36. The van der Waals surface area contributed by atoms with Crippen LogP contribution in [0.1, 0.15) is 0 Å². The molecule has 9 nitrogen and oxygen atoms in total. The summed E-state index contributed by atoms with van der Waals surface area (Å²) >= 11 is 0. The van der Waals surface area contributed by atoms with Gasteiger partial charge in [-0.1, -0.05) is 18.2 Å². The van der Waals surface area contributed by atoms with E-state index in [1.165, 1.54) is 5.69 Å². The van der Waals surface area contributed by atoms with E-state index in [4.69, 9.17) is 4.74 Å². The molecule has 162 valence electrons. The Balaban J connectivity index is 1.27. The number of hydrogen-bond donors (Lipinski definition) is 1. The zero-order valence-electron chi connectivity index (χ0n) is 17.0. The van der Waals surface area contributed by atoms with Gasteiger partial charge in [0.25, 0.3) is 0 Å². The summed E-state index contributed by atoms with van der Waals surface area (Å²) in [4.78, 5) is 17.4. The van der Waals surface area contributed by atoms with Gasteiger partial charge in [0.2, 0.25) is 10.0 Å². The van der Waals surface area contributed by atoms with Crippen molar-refractivity contribution >= 4 is 21.5 Å². The van der Waals surface area contributed by atoms with E-state index in [-0.39, 0.29) is 24.1 Å². The van der Waals surface area contributed by atoms with Gasteiger partial charge in [0.15, 0.2) is 0 Å². The number of rotatable bonds is 8. The lowest BCUT2D eigenvalue weighted by atomic mass is 10.2. The van der Waals surface area contributed by atoms with Gasteiger partial charge in [-0.3, -0.25) is 4.98 Å². The average Bonchev–Trinajstić information content (AvgIpc) is 2.83. The van der Waals surface area contributed by atoms with Gasteiger partial charge >= 0.3 is 6.01 Å². The Hall–Kier alpha value is -3.24. The number of ether oxygens (including phenoxy) is 1. The Morgan fingerprint density at radius 2 is 1.61 bits per heavy atom. The number of sulfonamides is 1. The Kier molecular flexibility index (Phi) is 6.58. The predicted octanol–water partition coefficient (Wildman–Crippen LogP) is 1.56. The van der Waals surface area contributed by atoms with Crippen LogP contribution in [0.2, 0.25) is 0 Å². The smallest absolute Gasteiger partial charge is 0.318 e. The zero-order chi connectivity index (χ0) is 21.5. The summed E-state index contributed by atoms with van der Waals surface area (Å²) in [7, 11) is -3.56. The molecule has 31 heavy (non-hydrogen) atoms. The van der Waals surface area contributed by atoms with Crippen molar-refractivity contribution in [3.05, 3.63) is 67.1 Å². The zero-order valence-corrected chi connectivity index (χ0v) is 17.8. The van der Waals surface area contributed by atoms with Crippen LogP contribution in [0.25, 0.3) is 0 Å². The molecule has 0 amide bonds. The van der Waals surface area contributed by atoms with Gasteiger partial charge < -0.3 is 14.5 Å². The molecule has 1 fully saturated rings. The number of nitrogens with zero attached hydrogens (tertiary/aromatic N) is 5. The van der Waals surface area contributed by atoms with E-state index in [0.717, 1.165) is 32.0 Å². The summed E-state index contributed by atoms with van der Waals surface area (Å²) in [6.45, 7) is 3.67. The SMILES string of the molecule is O=S(=O)(NCCOc1nccc(N2CCN(c3ccncc3)CC2)n1)c1ccccc1. The van der Waals surface area contributed by atoms with Gasteiger partial charge in [0, 0.05) is 57.0 Å². The minimum Gasteiger partial charge on any atom is -0.462 e. The molecule has 1 aromatic carbocycles. The van der Waals surface area contributed by atoms with Gasteiger partial charge in [-0.15, -0.1) is 0 Å². The highest BCUT2D eigenvalue weighted by atomic mass is 32.2. The van der Waals surface area contributed by atoms with E-state index in [1.54, 1.807) is 48.9 Å². The Bertz CT molecular complexity index is 1070. The Morgan fingerprint density at radius 3 is 2.35 bits per heavy atom. The molecule has 0 saturated carbocycles. The quantitative estimate of drug-likeness (QED) is 0.527. The van der Waals surface area contributed by atoms with Crippen LogP contribution in [0.15, 0.2) is 72.0 Å². The van der Waals surface area contributed by atoms with Crippen molar-refractivity contribution in [1.29, 1.82) is 0 Å². The Labute approximate surface area is 181 Å². The molecule has 1 aliphatic heterocycles. The van der Waals surface area contributed by atoms with E-state index < -0.39 is 10.0 Å². The fraction of sp³-hybridized carbons (Fsp3) is 0.286. The van der Waals surface area contributed by atoms with Crippen LogP contribution >= 0.6 is 0 Å². The first-order chi connectivity index (χ1) is 15.1. The van der Waals surface area contributed by atoms with Gasteiger partial charge in [-0.2, -0.15) is 4.98 Å². The van der Waals surface area contributed by atoms with Crippen LogP contribution in [0.3, 0.4) is 0 Å². The molecule has 1 N–H and O–H groups in total. The topological polar surface area (TPSA) is 101 Å². The highest BCUT2D eigenvalue weighted by Gasteiger charge is 2.19. The number of anilines is 2. The maximum atomic E-state index is 12.2. The lowest BCUT2D eigenvalue weighted by Crippen LogP contribution is -2.46. The van der Waals surface area contributed by atoms with Crippen molar-refractivity contribution in [3.8, 4) is 6.01 Å². The first-order valence-corrected chi connectivity index (χ1v) is 11.5. The molecule has 10 heteroatoms. The van der Waals surface area contributed by atoms with Gasteiger partial charge in [-0.25, -0.2) is 18.1 Å². The minimum atomic E-state index is -3.56. The summed E-state index contributed by atoms with van der Waals surface area (Å²) in [5, 5.41) is 0. The highest BCUT2D eigenvalue weighted by Crippen LogP contribution is 2.19. The second-order valence-corrected chi connectivity index (χ2v) is 8.70. The lowest BCUT2D eigenvalue weighted by Gasteiger charge is -2.36. The summed E-state index contributed by atoms with van der Waals surface area (Å²) < 4.78 is 32.5. The molecule has 2 aromatic heterocycles. The predicted molar refractivity (Wildman–Crippen MR) is 118 cm³/mol. The molecule has 0 atom stereocenters. The van der Waals surface area contributed by atoms with Crippen molar-refractivity contribution in [3.63, 3.8) is 0 Å². The van der Waals surface area contributed by atoms with Crippen LogP contribution in [0.5, 0.6) is 6.01 Å². The third kappa shape index (κ3) is 5.47. The van der Waals surface area contributed by atoms with E-state index in [2.05, 4.69) is 29.5 Å². The first-order valence-electron chi connectivity index (χ1n) is 10.0. The summed E-state index contributed by atoms with van der Waals surface area (Å²) in [6.07, 6.45) is 5.26. The first kappa shape index (κ1) is 21.0. The molecule has 1 saturated heterocycles. The van der Waals surface area contributed by atoms with Crippen molar-refractivity contribution in [2.24, 2.45) is 0 Å².